The molecule has 0 bridgehead atoms. The summed E-state index contributed by atoms with van der Waals surface area (Å²) in [6, 6.07) is 13.2. The van der Waals surface area contributed by atoms with E-state index in [0.717, 1.165) is 21.2 Å². The van der Waals surface area contributed by atoms with Crippen LogP contribution in [0.25, 0.3) is 21.2 Å². The van der Waals surface area contributed by atoms with Crippen LogP contribution < -0.4 is 4.90 Å². The average molecular weight is 414 g/mol. The van der Waals surface area contributed by atoms with Crippen LogP contribution in [0.2, 0.25) is 5.02 Å². The zero-order chi connectivity index (χ0) is 19.8. The van der Waals surface area contributed by atoms with Gasteiger partial charge in [-0.3, -0.25) is 9.69 Å². The number of nitrogens with zero attached hydrogens (tertiary/aromatic N) is 3. The molecule has 0 fully saturated rings. The molecule has 0 aliphatic rings. The second-order valence-corrected chi connectivity index (χ2v) is 8.33. The fourth-order valence-electron chi connectivity index (χ4n) is 3.01. The maximum absolute atomic E-state index is 13.3. The monoisotopic (exact) mass is 413 g/mol. The Morgan fingerprint density at radius 3 is 2.68 bits per heavy atom. The highest BCUT2D eigenvalue weighted by Gasteiger charge is 2.25. The standard InChI is InChI=1S/C21H20ClN3O2S/c1-13-8-9-15(22)19-18(13)23-21(28-19)25(11-10-24(2)3)20(26)17-12-14-6-4-5-7-16(14)27-17/h4-9,12H,10-11H2,1-3H3. The average Bonchev–Trinajstić information content (AvgIpc) is 3.30. The molecule has 0 saturated heterocycles. The molecular weight excluding hydrogens is 394 g/mol. The molecule has 4 aromatic rings. The van der Waals surface area contributed by atoms with Crippen molar-refractivity contribution in [1.82, 2.24) is 9.88 Å². The number of hydrogen-bond donors (Lipinski definition) is 0. The molecule has 0 aliphatic heterocycles. The molecule has 28 heavy (non-hydrogen) atoms. The Bertz CT molecular complexity index is 1090. The third-order valence-electron chi connectivity index (χ3n) is 4.57. The third kappa shape index (κ3) is 3.51. The summed E-state index contributed by atoms with van der Waals surface area (Å²) < 4.78 is 6.70. The number of benzene rings is 2. The lowest BCUT2D eigenvalue weighted by molar-refractivity contribution is 0.0960. The number of thiazole rings is 1. The second kappa shape index (κ2) is 7.54. The maximum Gasteiger partial charge on any atom is 0.295 e. The first-order valence-electron chi connectivity index (χ1n) is 8.95. The number of anilines is 1. The van der Waals surface area contributed by atoms with E-state index >= 15 is 0 Å². The SMILES string of the molecule is Cc1ccc(Cl)c2sc(N(CCN(C)C)C(=O)c3cc4ccccc4o3)nc12. The number of carbonyl (C=O) groups is 1. The van der Waals surface area contributed by atoms with E-state index in [0.29, 0.717) is 34.6 Å². The number of carbonyl (C=O) groups excluding carboxylic acids is 1. The molecule has 2 aromatic carbocycles. The van der Waals surface area contributed by atoms with Crippen molar-refractivity contribution in [2.75, 3.05) is 32.1 Å². The van der Waals surface area contributed by atoms with Gasteiger partial charge in [0.15, 0.2) is 10.9 Å². The minimum Gasteiger partial charge on any atom is -0.451 e. The lowest BCUT2D eigenvalue weighted by atomic mass is 10.2. The van der Waals surface area contributed by atoms with E-state index in [1.165, 1.54) is 11.3 Å². The second-order valence-electron chi connectivity index (χ2n) is 6.95. The Morgan fingerprint density at radius 2 is 1.96 bits per heavy atom. The van der Waals surface area contributed by atoms with Crippen LogP contribution >= 0.6 is 22.9 Å². The largest absolute Gasteiger partial charge is 0.451 e. The van der Waals surface area contributed by atoms with Crippen molar-refractivity contribution in [2.45, 2.75) is 6.92 Å². The zero-order valence-electron chi connectivity index (χ0n) is 15.9. The Hall–Kier alpha value is -2.41. The van der Waals surface area contributed by atoms with Gasteiger partial charge in [-0.05, 0) is 44.8 Å². The van der Waals surface area contributed by atoms with E-state index in [9.17, 15) is 4.79 Å². The molecule has 2 heterocycles. The van der Waals surface area contributed by atoms with Gasteiger partial charge in [-0.2, -0.15) is 0 Å². The molecule has 1 amide bonds. The summed E-state index contributed by atoms with van der Waals surface area (Å²) in [6.45, 7) is 3.20. The van der Waals surface area contributed by atoms with Gasteiger partial charge in [0.25, 0.3) is 5.91 Å². The number of likely N-dealkylation sites (N-methyl/N-ethyl adjacent to an activating group) is 1. The molecule has 0 unspecified atom stereocenters. The van der Waals surface area contributed by atoms with Gasteiger partial charge in [-0.1, -0.05) is 47.2 Å². The topological polar surface area (TPSA) is 49.6 Å². The minimum atomic E-state index is -0.203. The van der Waals surface area contributed by atoms with Gasteiger partial charge in [0.1, 0.15) is 5.58 Å². The molecule has 5 nitrogen and oxygen atoms in total. The van der Waals surface area contributed by atoms with E-state index < -0.39 is 0 Å². The summed E-state index contributed by atoms with van der Waals surface area (Å²) >= 11 is 7.79. The highest BCUT2D eigenvalue weighted by molar-refractivity contribution is 7.23. The van der Waals surface area contributed by atoms with Crippen molar-refractivity contribution in [3.63, 3.8) is 0 Å². The number of para-hydroxylation sites is 1. The zero-order valence-corrected chi connectivity index (χ0v) is 17.5. The van der Waals surface area contributed by atoms with Crippen molar-refractivity contribution < 1.29 is 9.21 Å². The number of furan rings is 1. The smallest absolute Gasteiger partial charge is 0.295 e. The quantitative estimate of drug-likeness (QED) is 0.450. The first-order valence-corrected chi connectivity index (χ1v) is 10.1. The summed E-state index contributed by atoms with van der Waals surface area (Å²) in [5.41, 5.74) is 2.56. The van der Waals surface area contributed by atoms with Crippen LogP contribution in [-0.2, 0) is 0 Å². The minimum absolute atomic E-state index is 0.203. The number of aryl methyl sites for hydroxylation is 1. The van der Waals surface area contributed by atoms with Gasteiger partial charge in [0.2, 0.25) is 0 Å². The van der Waals surface area contributed by atoms with Crippen molar-refractivity contribution >= 4 is 55.2 Å². The third-order valence-corrected chi connectivity index (χ3v) is 6.11. The number of halogens is 1. The van der Waals surface area contributed by atoms with Crippen molar-refractivity contribution in [3.8, 4) is 0 Å². The molecule has 0 atom stereocenters. The van der Waals surface area contributed by atoms with Crippen LogP contribution in [0.5, 0.6) is 0 Å². The summed E-state index contributed by atoms with van der Waals surface area (Å²) in [4.78, 5) is 21.8. The van der Waals surface area contributed by atoms with Crippen molar-refractivity contribution in [3.05, 3.63) is 58.8 Å². The number of amides is 1. The summed E-state index contributed by atoms with van der Waals surface area (Å²) in [5.74, 6) is 0.105. The lowest BCUT2D eigenvalue weighted by Gasteiger charge is -2.20. The van der Waals surface area contributed by atoms with Gasteiger partial charge in [0.05, 0.1) is 15.2 Å². The van der Waals surface area contributed by atoms with Crippen LogP contribution in [0.4, 0.5) is 5.13 Å². The molecule has 0 saturated carbocycles. The van der Waals surface area contributed by atoms with Gasteiger partial charge >= 0.3 is 0 Å². The molecular formula is C21H20ClN3O2S. The Balaban J connectivity index is 1.77. The van der Waals surface area contributed by atoms with Crippen LogP contribution in [-0.4, -0.2) is 43.0 Å². The van der Waals surface area contributed by atoms with Gasteiger partial charge in [0, 0.05) is 18.5 Å². The number of hydrogen-bond acceptors (Lipinski definition) is 5. The van der Waals surface area contributed by atoms with E-state index in [1.807, 2.05) is 62.3 Å². The summed E-state index contributed by atoms with van der Waals surface area (Å²) in [6.07, 6.45) is 0. The number of rotatable bonds is 5. The normalized spacial score (nSPS) is 11.6. The molecule has 144 valence electrons. The van der Waals surface area contributed by atoms with Crippen LogP contribution in [0, 0.1) is 6.92 Å². The molecule has 0 spiro atoms. The number of aromatic nitrogens is 1. The molecule has 7 heteroatoms. The van der Waals surface area contributed by atoms with E-state index in [2.05, 4.69) is 0 Å². The molecule has 0 aliphatic carbocycles. The van der Waals surface area contributed by atoms with Crippen LogP contribution in [0.3, 0.4) is 0 Å². The summed E-state index contributed by atoms with van der Waals surface area (Å²) in [5, 5.41) is 2.17. The van der Waals surface area contributed by atoms with Gasteiger partial charge < -0.3 is 9.32 Å². The van der Waals surface area contributed by atoms with E-state index in [-0.39, 0.29) is 5.91 Å². The predicted molar refractivity (Wildman–Crippen MR) is 116 cm³/mol. The molecule has 2 aromatic heterocycles. The fraction of sp³-hybridized carbons (Fsp3) is 0.238. The van der Waals surface area contributed by atoms with Crippen LogP contribution in [0.1, 0.15) is 16.1 Å². The number of fused-ring (bicyclic) bond motifs is 2. The molecule has 4 rings (SSSR count). The van der Waals surface area contributed by atoms with Crippen molar-refractivity contribution in [2.24, 2.45) is 0 Å². The van der Waals surface area contributed by atoms with Crippen LogP contribution in [0.15, 0.2) is 46.9 Å². The maximum atomic E-state index is 13.3. The molecule has 0 radical (unpaired) electrons. The van der Waals surface area contributed by atoms with Crippen molar-refractivity contribution in [1.29, 1.82) is 0 Å². The first-order chi connectivity index (χ1) is 13.4. The first kappa shape index (κ1) is 18.9. The highest BCUT2D eigenvalue weighted by atomic mass is 35.5. The van der Waals surface area contributed by atoms with E-state index in [4.69, 9.17) is 21.0 Å². The highest BCUT2D eigenvalue weighted by Crippen LogP contribution is 2.36. The molecule has 0 N–H and O–H groups in total. The predicted octanol–water partition coefficient (Wildman–Crippen LogP) is 5.21. The Labute approximate surface area is 172 Å². The summed E-state index contributed by atoms with van der Waals surface area (Å²) in [7, 11) is 3.95. The lowest BCUT2D eigenvalue weighted by Crippen LogP contribution is -2.36. The van der Waals surface area contributed by atoms with E-state index in [1.54, 1.807) is 11.0 Å². The van der Waals surface area contributed by atoms with Gasteiger partial charge in [-0.15, -0.1) is 0 Å². The fourth-order valence-corrected chi connectivity index (χ4v) is 4.35. The Morgan fingerprint density at radius 1 is 1.18 bits per heavy atom. The van der Waals surface area contributed by atoms with Gasteiger partial charge in [-0.25, -0.2) is 4.98 Å². The Kier molecular flexibility index (Phi) is 5.10.